The zero-order valence-corrected chi connectivity index (χ0v) is 18.7. The molecule has 1 aromatic heterocycles. The summed E-state index contributed by atoms with van der Waals surface area (Å²) in [7, 11) is 3.23. The number of hydrogen-bond acceptors (Lipinski definition) is 6. The summed E-state index contributed by atoms with van der Waals surface area (Å²) in [5.74, 6) is 1.48. The fourth-order valence-corrected chi connectivity index (χ4v) is 4.08. The van der Waals surface area contributed by atoms with E-state index in [4.69, 9.17) is 19.4 Å². The van der Waals surface area contributed by atoms with E-state index in [-0.39, 0.29) is 11.7 Å². The van der Waals surface area contributed by atoms with Crippen LogP contribution >= 0.6 is 11.8 Å². The Labute approximate surface area is 191 Å². The van der Waals surface area contributed by atoms with Gasteiger partial charge in [-0.15, -0.1) is 0 Å². The number of anilines is 1. The molecule has 0 spiro atoms. The molecule has 3 aromatic carbocycles. The van der Waals surface area contributed by atoms with E-state index >= 15 is 0 Å². The lowest BCUT2D eigenvalue weighted by Crippen LogP contribution is -2.15. The van der Waals surface area contributed by atoms with Gasteiger partial charge in [0, 0.05) is 6.42 Å². The summed E-state index contributed by atoms with van der Waals surface area (Å²) in [5, 5.41) is 3.64. The van der Waals surface area contributed by atoms with Gasteiger partial charge in [0.25, 0.3) is 0 Å². The van der Waals surface area contributed by atoms with E-state index in [1.807, 2.05) is 72.8 Å². The minimum atomic E-state index is -0.137. The van der Waals surface area contributed by atoms with Gasteiger partial charge in [0.15, 0.2) is 0 Å². The number of benzene rings is 3. The Morgan fingerprint density at radius 2 is 1.66 bits per heavy atom. The van der Waals surface area contributed by atoms with Crippen molar-refractivity contribution in [3.63, 3.8) is 0 Å². The number of hydrogen-bond donors (Lipinski definition) is 1. The highest BCUT2D eigenvalue weighted by Gasteiger charge is 2.14. The van der Waals surface area contributed by atoms with E-state index in [9.17, 15) is 4.79 Å². The maximum Gasteiger partial charge on any atom is 0.234 e. The molecule has 0 radical (unpaired) electrons. The second-order valence-corrected chi connectivity index (χ2v) is 7.99. The number of amides is 1. The van der Waals surface area contributed by atoms with Crippen molar-refractivity contribution >= 4 is 34.4 Å². The molecule has 0 atom stereocenters. The lowest BCUT2D eigenvalue weighted by molar-refractivity contribution is -0.113. The fraction of sp³-hybridized carbons (Fsp3) is 0.160. The van der Waals surface area contributed by atoms with Gasteiger partial charge >= 0.3 is 0 Å². The lowest BCUT2D eigenvalue weighted by atomic mass is 10.1. The summed E-state index contributed by atoms with van der Waals surface area (Å²) in [4.78, 5) is 22.2. The molecule has 1 N–H and O–H groups in total. The van der Waals surface area contributed by atoms with Crippen molar-refractivity contribution in [1.29, 1.82) is 0 Å². The number of rotatable bonds is 8. The summed E-state index contributed by atoms with van der Waals surface area (Å²) in [6.07, 6.45) is 0.589. The van der Waals surface area contributed by atoms with Gasteiger partial charge in [0.2, 0.25) is 5.91 Å². The monoisotopic (exact) mass is 445 g/mol. The molecule has 1 heterocycles. The van der Waals surface area contributed by atoms with Crippen molar-refractivity contribution in [3.05, 3.63) is 84.1 Å². The van der Waals surface area contributed by atoms with Crippen molar-refractivity contribution in [2.75, 3.05) is 25.3 Å². The summed E-state index contributed by atoms with van der Waals surface area (Å²) >= 11 is 1.37. The van der Waals surface area contributed by atoms with Crippen molar-refractivity contribution < 1.29 is 14.3 Å². The average molecular weight is 446 g/mol. The highest BCUT2D eigenvalue weighted by atomic mass is 32.2. The zero-order valence-electron chi connectivity index (χ0n) is 17.9. The molecule has 0 saturated heterocycles. The number of methoxy groups -OCH3 is 2. The molecule has 0 aliphatic carbocycles. The average Bonchev–Trinajstić information content (AvgIpc) is 2.83. The Morgan fingerprint density at radius 1 is 0.906 bits per heavy atom. The third kappa shape index (κ3) is 5.18. The van der Waals surface area contributed by atoms with Crippen LogP contribution in [-0.2, 0) is 11.2 Å². The zero-order chi connectivity index (χ0) is 22.3. The van der Waals surface area contributed by atoms with Crippen LogP contribution in [0.4, 0.5) is 5.69 Å². The molecular weight excluding hydrogens is 422 g/mol. The van der Waals surface area contributed by atoms with Crippen LogP contribution < -0.4 is 14.8 Å². The van der Waals surface area contributed by atoms with Crippen molar-refractivity contribution in [2.24, 2.45) is 0 Å². The first-order chi connectivity index (χ1) is 15.7. The van der Waals surface area contributed by atoms with Gasteiger partial charge < -0.3 is 14.8 Å². The fourth-order valence-electron chi connectivity index (χ4n) is 3.29. The number of aromatic nitrogens is 2. The quantitative estimate of drug-likeness (QED) is 0.386. The van der Waals surface area contributed by atoms with E-state index in [0.29, 0.717) is 17.9 Å². The van der Waals surface area contributed by atoms with Crippen LogP contribution in [-0.4, -0.2) is 35.8 Å². The van der Waals surface area contributed by atoms with Crippen LogP contribution in [0.15, 0.2) is 77.8 Å². The minimum absolute atomic E-state index is 0.137. The van der Waals surface area contributed by atoms with Gasteiger partial charge in [0.1, 0.15) is 16.5 Å². The Bertz CT molecular complexity index is 1250. The molecule has 7 heteroatoms. The molecule has 6 nitrogen and oxygen atoms in total. The van der Waals surface area contributed by atoms with Crippen molar-refractivity contribution in [2.45, 2.75) is 11.4 Å². The van der Waals surface area contributed by atoms with E-state index in [0.717, 1.165) is 33.1 Å². The number of nitrogens with zero attached hydrogens (tertiary/aromatic N) is 2. The molecular formula is C25H23N3O3S. The van der Waals surface area contributed by atoms with Crippen LogP contribution in [0.25, 0.3) is 11.0 Å². The molecule has 162 valence electrons. The van der Waals surface area contributed by atoms with Gasteiger partial charge in [-0.2, -0.15) is 0 Å². The van der Waals surface area contributed by atoms with Crippen LogP contribution in [0.2, 0.25) is 0 Å². The van der Waals surface area contributed by atoms with Gasteiger partial charge in [-0.1, -0.05) is 48.2 Å². The second-order valence-electron chi connectivity index (χ2n) is 7.03. The Balaban J connectivity index is 1.56. The van der Waals surface area contributed by atoms with E-state index < -0.39 is 0 Å². The molecule has 32 heavy (non-hydrogen) atoms. The summed E-state index contributed by atoms with van der Waals surface area (Å²) in [6, 6.07) is 23.0. The first-order valence-electron chi connectivity index (χ1n) is 10.1. The van der Waals surface area contributed by atoms with Crippen LogP contribution in [0.3, 0.4) is 0 Å². The number of fused-ring (bicyclic) bond motifs is 1. The van der Waals surface area contributed by atoms with Gasteiger partial charge in [-0.25, -0.2) is 9.97 Å². The molecule has 4 aromatic rings. The molecule has 0 aliphatic heterocycles. The van der Waals surface area contributed by atoms with Crippen molar-refractivity contribution in [1.82, 2.24) is 9.97 Å². The summed E-state index contributed by atoms with van der Waals surface area (Å²) < 4.78 is 10.7. The van der Waals surface area contributed by atoms with Crippen LogP contribution in [0.5, 0.6) is 11.5 Å². The molecule has 4 rings (SSSR count). The SMILES string of the molecule is COc1cccc(Cc2nc3ccccc3nc2SCC(=O)Nc2ccccc2OC)c1. The number of thioether (sulfide) groups is 1. The van der Waals surface area contributed by atoms with Gasteiger partial charge in [0.05, 0.1) is 42.4 Å². The third-order valence-corrected chi connectivity index (χ3v) is 5.84. The topological polar surface area (TPSA) is 73.3 Å². The first-order valence-corrected chi connectivity index (χ1v) is 11.1. The van der Waals surface area contributed by atoms with Gasteiger partial charge in [-0.3, -0.25) is 4.79 Å². The normalized spacial score (nSPS) is 10.7. The number of ether oxygens (including phenoxy) is 2. The maximum atomic E-state index is 12.6. The number of nitrogens with one attached hydrogen (secondary N) is 1. The molecule has 0 fully saturated rings. The Hall–Kier alpha value is -3.58. The third-order valence-electron chi connectivity index (χ3n) is 4.83. The van der Waals surface area contributed by atoms with E-state index in [1.54, 1.807) is 14.2 Å². The van der Waals surface area contributed by atoms with Crippen LogP contribution in [0, 0.1) is 0 Å². The Kier molecular flexibility index (Phi) is 6.87. The molecule has 0 aliphatic rings. The summed E-state index contributed by atoms with van der Waals surface area (Å²) in [6.45, 7) is 0. The standard InChI is InChI=1S/C25H23N3O3S/c1-30-18-9-7-8-17(14-18)15-22-25(28-20-11-4-3-10-19(20)26-22)32-16-24(29)27-21-12-5-6-13-23(21)31-2/h3-14H,15-16H2,1-2H3,(H,27,29). The molecule has 0 bridgehead atoms. The highest BCUT2D eigenvalue weighted by molar-refractivity contribution is 8.00. The largest absolute Gasteiger partial charge is 0.497 e. The predicted octanol–water partition coefficient (Wildman–Crippen LogP) is 4.97. The number of para-hydroxylation sites is 4. The molecule has 1 amide bonds. The van der Waals surface area contributed by atoms with Crippen LogP contribution in [0.1, 0.15) is 11.3 Å². The minimum Gasteiger partial charge on any atom is -0.497 e. The number of carbonyl (C=O) groups is 1. The molecule has 0 saturated carbocycles. The Morgan fingerprint density at radius 3 is 2.44 bits per heavy atom. The molecule has 0 unspecified atom stereocenters. The first kappa shape index (κ1) is 21.6. The van der Waals surface area contributed by atoms with Crippen molar-refractivity contribution in [3.8, 4) is 11.5 Å². The second kappa shape index (κ2) is 10.2. The number of carbonyl (C=O) groups excluding carboxylic acids is 1. The maximum absolute atomic E-state index is 12.6. The highest BCUT2D eigenvalue weighted by Crippen LogP contribution is 2.27. The van der Waals surface area contributed by atoms with E-state index in [2.05, 4.69) is 5.32 Å². The van der Waals surface area contributed by atoms with Gasteiger partial charge in [-0.05, 0) is 42.0 Å². The van der Waals surface area contributed by atoms with E-state index in [1.165, 1.54) is 11.8 Å². The smallest absolute Gasteiger partial charge is 0.234 e. The summed E-state index contributed by atoms with van der Waals surface area (Å²) in [5.41, 5.74) is 4.16. The predicted molar refractivity (Wildman–Crippen MR) is 128 cm³/mol. The lowest BCUT2D eigenvalue weighted by Gasteiger charge is -2.12.